The molecule has 1 fully saturated rings. The molecule has 0 bridgehead atoms. The van der Waals surface area contributed by atoms with E-state index in [1.165, 1.54) is 17.1 Å². The highest BCUT2D eigenvalue weighted by Gasteiger charge is 2.32. The lowest BCUT2D eigenvalue weighted by atomic mass is 9.79. The van der Waals surface area contributed by atoms with Gasteiger partial charge in [0, 0.05) is 37.5 Å². The van der Waals surface area contributed by atoms with E-state index in [0.29, 0.717) is 37.8 Å². The van der Waals surface area contributed by atoms with Crippen molar-refractivity contribution < 1.29 is 75.0 Å². The maximum absolute atomic E-state index is 13.0. The van der Waals surface area contributed by atoms with Crippen LogP contribution in [0.2, 0.25) is 0 Å². The van der Waals surface area contributed by atoms with E-state index < -0.39 is 42.8 Å². The van der Waals surface area contributed by atoms with Gasteiger partial charge in [-0.2, -0.15) is 0 Å². The molecule has 0 aromatic heterocycles. The van der Waals surface area contributed by atoms with E-state index in [1.807, 2.05) is 42.5 Å². The highest BCUT2D eigenvalue weighted by atomic mass is 31.2. The van der Waals surface area contributed by atoms with E-state index in [1.54, 1.807) is 0 Å². The first kappa shape index (κ1) is 46.2. The molecular weight excluding hydrogens is 867 g/mol. The third-order valence-corrected chi connectivity index (χ3v) is 13.8. The lowest BCUT2D eigenvalue weighted by Gasteiger charge is -2.30. The molecule has 3 unspecified atom stereocenters. The molecule has 0 radical (unpaired) electrons. The first-order chi connectivity index (χ1) is 29.6. The van der Waals surface area contributed by atoms with Crippen molar-refractivity contribution >= 4 is 84.2 Å². The molecule has 0 spiro atoms. The number of ether oxygens (including phenoxy) is 1. The average Bonchev–Trinajstić information content (AvgIpc) is 3.55. The molecule has 1 saturated carbocycles. The van der Waals surface area contributed by atoms with E-state index in [0.717, 1.165) is 43.1 Å². The maximum Gasteiger partial charge on any atom is 0.472 e. The highest BCUT2D eigenvalue weighted by molar-refractivity contribution is 7.47. The van der Waals surface area contributed by atoms with Gasteiger partial charge in [0.15, 0.2) is 0 Å². The minimum Gasteiger partial charge on any atom is -0.377 e. The summed E-state index contributed by atoms with van der Waals surface area (Å²) >= 11 is 0. The lowest BCUT2D eigenvalue weighted by Crippen LogP contribution is -2.36. The van der Waals surface area contributed by atoms with Crippen LogP contribution in [0, 0.1) is 11.8 Å². The summed E-state index contributed by atoms with van der Waals surface area (Å²) in [5, 5.41) is 8.16. The van der Waals surface area contributed by atoms with Crippen LogP contribution in [-0.4, -0.2) is 94.4 Å². The Balaban J connectivity index is 0.830. The summed E-state index contributed by atoms with van der Waals surface area (Å²) in [7, 11) is -14.3. The third-order valence-electron chi connectivity index (χ3n) is 11.2. The summed E-state index contributed by atoms with van der Waals surface area (Å²) < 4.78 is 67.3. The van der Waals surface area contributed by atoms with Gasteiger partial charge in [0.2, 0.25) is 0 Å². The second kappa shape index (κ2) is 20.0. The quantitative estimate of drug-likeness (QED) is 0.0168. The number of ketones is 1. The molecule has 7 rings (SSSR count). The zero-order chi connectivity index (χ0) is 44.1. The van der Waals surface area contributed by atoms with Crippen molar-refractivity contribution in [3.05, 3.63) is 84.4 Å². The fraction of sp³-hybridized carbons (Fsp3) is 0.405. The van der Waals surface area contributed by atoms with Gasteiger partial charge in [-0.05, 0) is 86.7 Å². The molecule has 1 aliphatic heterocycles. The molecule has 4 N–H and O–H groups in total. The molecule has 20 heteroatoms. The number of imide groups is 1. The molecule has 62 heavy (non-hydrogen) atoms. The van der Waals surface area contributed by atoms with Crippen molar-refractivity contribution in [2.75, 3.05) is 46.2 Å². The van der Waals surface area contributed by atoms with Crippen molar-refractivity contribution in [2.24, 2.45) is 11.8 Å². The second-order valence-corrected chi connectivity index (χ2v) is 19.5. The Morgan fingerprint density at radius 3 is 1.87 bits per heavy atom. The Morgan fingerprint density at radius 2 is 1.23 bits per heavy atom. The topological polar surface area (TPSA) is 242 Å². The van der Waals surface area contributed by atoms with Crippen LogP contribution >= 0.6 is 23.5 Å². The predicted molar refractivity (Wildman–Crippen MR) is 228 cm³/mol. The molecule has 3 atom stereocenters. The number of rotatable bonds is 23. The molecule has 2 aliphatic rings. The zero-order valence-corrected chi connectivity index (χ0v) is 36.3. The van der Waals surface area contributed by atoms with Gasteiger partial charge in [0.05, 0.1) is 45.7 Å². The molecule has 17 nitrogen and oxygen atoms in total. The summed E-state index contributed by atoms with van der Waals surface area (Å²) in [6.07, 6.45) is 4.18. The normalized spacial score (nSPS) is 19.8. The minimum absolute atomic E-state index is 0.0202. The molecular formula is C42H48NO16P3. The van der Waals surface area contributed by atoms with Crippen LogP contribution in [0.5, 0.6) is 0 Å². The van der Waals surface area contributed by atoms with E-state index in [4.69, 9.17) is 27.4 Å². The second-order valence-electron chi connectivity index (χ2n) is 15.4. The van der Waals surface area contributed by atoms with Gasteiger partial charge in [-0.15, -0.1) is 0 Å². The van der Waals surface area contributed by atoms with Gasteiger partial charge >= 0.3 is 23.5 Å². The Labute approximate surface area is 356 Å². The monoisotopic (exact) mass is 915 g/mol. The van der Waals surface area contributed by atoms with Gasteiger partial charge in [-0.3, -0.25) is 41.9 Å². The first-order valence-electron chi connectivity index (χ1n) is 20.3. The van der Waals surface area contributed by atoms with E-state index in [-0.39, 0.29) is 75.1 Å². The number of fused-ring (bicyclic) bond motifs is 2. The van der Waals surface area contributed by atoms with Crippen LogP contribution in [0.3, 0.4) is 0 Å². The highest BCUT2D eigenvalue weighted by Crippen LogP contribution is 2.47. The fourth-order valence-electron chi connectivity index (χ4n) is 8.38. The summed E-state index contributed by atoms with van der Waals surface area (Å²) in [6.45, 7) is -1.88. The minimum atomic E-state index is -4.99. The number of phosphoric acid groups is 3. The number of phosphoric ester groups is 3. The van der Waals surface area contributed by atoms with Crippen LogP contribution in [0.4, 0.5) is 0 Å². The summed E-state index contributed by atoms with van der Waals surface area (Å²) in [5.41, 5.74) is 0.680. The molecule has 5 aromatic carbocycles. The third kappa shape index (κ3) is 11.7. The number of nitrogens with zero attached hydrogens (tertiary/aromatic N) is 1. The van der Waals surface area contributed by atoms with Crippen molar-refractivity contribution in [1.82, 2.24) is 4.90 Å². The Kier molecular flexibility index (Phi) is 14.9. The van der Waals surface area contributed by atoms with E-state index in [2.05, 4.69) is 24.3 Å². The van der Waals surface area contributed by atoms with E-state index in [9.17, 15) is 47.7 Å². The average molecular weight is 916 g/mol. The van der Waals surface area contributed by atoms with Gasteiger partial charge in [0.1, 0.15) is 5.78 Å². The molecule has 2 amide bonds. The van der Waals surface area contributed by atoms with Crippen molar-refractivity contribution in [2.45, 2.75) is 51.0 Å². The number of benzene rings is 5. The number of carbonyl (C=O) groups is 3. The van der Waals surface area contributed by atoms with Gasteiger partial charge in [-0.25, -0.2) is 13.7 Å². The van der Waals surface area contributed by atoms with Crippen LogP contribution in [-0.2, 0) is 61.9 Å². The van der Waals surface area contributed by atoms with Crippen LogP contribution in [0.1, 0.15) is 44.1 Å². The Morgan fingerprint density at radius 1 is 0.661 bits per heavy atom. The van der Waals surface area contributed by atoms with Crippen molar-refractivity contribution in [3.8, 4) is 0 Å². The Bertz CT molecular complexity index is 2540. The number of Topliss-reactive ketones (excluding diaryl/α,β-unsaturated/α-hetero) is 1. The maximum atomic E-state index is 13.0. The lowest BCUT2D eigenvalue weighted by molar-refractivity contribution is -0.138. The van der Waals surface area contributed by atoms with Gasteiger partial charge in [0.25, 0.3) is 11.8 Å². The molecule has 0 saturated heterocycles. The van der Waals surface area contributed by atoms with Gasteiger partial charge in [-0.1, -0.05) is 66.7 Å². The summed E-state index contributed by atoms with van der Waals surface area (Å²) in [5.74, 6) is -0.629. The molecule has 1 aliphatic carbocycles. The van der Waals surface area contributed by atoms with Crippen molar-refractivity contribution in [3.63, 3.8) is 0 Å². The molecule has 1 heterocycles. The Hall–Kier alpha value is -3.76. The number of hydrogen-bond acceptors (Lipinski definition) is 12. The fourth-order valence-corrected chi connectivity index (χ4v) is 10.4. The molecule has 332 valence electrons. The number of hydrogen-bond donors (Lipinski definition) is 4. The van der Waals surface area contributed by atoms with Crippen LogP contribution in [0.15, 0.2) is 78.9 Å². The predicted octanol–water partition coefficient (Wildman–Crippen LogP) is 7.12. The number of carbonyl (C=O) groups excluding carboxylic acids is 3. The number of amides is 2. The van der Waals surface area contributed by atoms with Crippen LogP contribution in [0.25, 0.3) is 43.1 Å². The first-order valence-corrected chi connectivity index (χ1v) is 24.8. The largest absolute Gasteiger partial charge is 0.472 e. The zero-order valence-electron chi connectivity index (χ0n) is 33.6. The SMILES string of the molecule is O=C(CCCOP(=O)(O)OCCOCCOP(=O)(O)OC(COP(=O)(O)O)Cc1ccc2c3cccc4cccc(c5cccc1c52)c43)C1CCC(CN2C(=O)C=CC2=O)CC1. The van der Waals surface area contributed by atoms with E-state index >= 15 is 0 Å². The smallest absolute Gasteiger partial charge is 0.377 e. The molecule has 5 aromatic rings. The van der Waals surface area contributed by atoms with Crippen LogP contribution < -0.4 is 0 Å². The van der Waals surface area contributed by atoms with Crippen molar-refractivity contribution in [1.29, 1.82) is 0 Å². The standard InChI is InChI=1S/C42H48NO16P3/c44-38(29-14-12-28(13-15-29)26-43-39(45)18-19-40(43)46)11-4-20-55-61(50,51)56-23-21-54-22-24-57-62(52,53)59-32(27-58-60(47,48)49)25-31-16-17-37-35-9-2-6-30-5-1-8-34(41(30)35)36-10-3-7-33(31)42(36)37/h1-3,5-10,16-19,28-29,32H,4,11-15,20-27H2,(H,50,51)(H,52,53)(H2,47,48,49). The summed E-state index contributed by atoms with van der Waals surface area (Å²) in [4.78, 5) is 77.0. The van der Waals surface area contributed by atoms with Gasteiger partial charge < -0.3 is 24.3 Å². The summed E-state index contributed by atoms with van der Waals surface area (Å²) in [6, 6.07) is 21.9.